The molecule has 0 aliphatic rings. The normalized spacial score (nSPS) is 15.3. The molecule has 0 saturated carbocycles. The Kier molecular flexibility index (Phi) is 6.15. The van der Waals surface area contributed by atoms with Gasteiger partial charge in [-0.1, -0.05) is 74.5 Å². The molecule has 3 unspecified atom stereocenters. The molecule has 0 aromatic heterocycles. The van der Waals surface area contributed by atoms with Gasteiger partial charge in [-0.2, -0.15) is 0 Å². The van der Waals surface area contributed by atoms with Crippen molar-refractivity contribution in [2.24, 2.45) is 0 Å². The Balaban J connectivity index is 2.43. The zero-order valence-electron chi connectivity index (χ0n) is 12.7. The summed E-state index contributed by atoms with van der Waals surface area (Å²) in [7, 11) is -0.910. The first-order valence-electron chi connectivity index (χ1n) is 7.48. The molecule has 0 amide bonds. The molecule has 0 bridgehead atoms. The molecule has 2 rings (SSSR count). The average molecular weight is 301 g/mol. The molecule has 0 fully saturated rings. The summed E-state index contributed by atoms with van der Waals surface area (Å²) in [5, 5.41) is 3.49. The van der Waals surface area contributed by atoms with Gasteiger partial charge in [0.25, 0.3) is 0 Å². The molecule has 0 spiro atoms. The molecular formula is C18H23NOS. The highest BCUT2D eigenvalue weighted by Crippen LogP contribution is 2.34. The zero-order valence-corrected chi connectivity index (χ0v) is 13.5. The Morgan fingerprint density at radius 3 is 1.90 bits per heavy atom. The van der Waals surface area contributed by atoms with Crippen LogP contribution in [0.15, 0.2) is 60.7 Å². The van der Waals surface area contributed by atoms with Gasteiger partial charge < -0.3 is 5.32 Å². The van der Waals surface area contributed by atoms with Gasteiger partial charge in [-0.05, 0) is 17.7 Å². The fourth-order valence-electron chi connectivity index (χ4n) is 2.60. The summed E-state index contributed by atoms with van der Waals surface area (Å²) in [5.41, 5.74) is 2.32. The third-order valence-corrected chi connectivity index (χ3v) is 5.26. The van der Waals surface area contributed by atoms with Crippen molar-refractivity contribution in [3.8, 4) is 0 Å². The maximum Gasteiger partial charge on any atom is 0.0791 e. The number of rotatable bonds is 7. The lowest BCUT2D eigenvalue weighted by molar-refractivity contribution is 0.529. The predicted molar refractivity (Wildman–Crippen MR) is 90.7 cm³/mol. The van der Waals surface area contributed by atoms with Gasteiger partial charge >= 0.3 is 0 Å². The third-order valence-electron chi connectivity index (χ3n) is 3.58. The van der Waals surface area contributed by atoms with Gasteiger partial charge in [-0.25, -0.2) is 0 Å². The molecule has 0 radical (unpaired) electrons. The quantitative estimate of drug-likeness (QED) is 0.841. The highest BCUT2D eigenvalue weighted by atomic mass is 32.2. The summed E-state index contributed by atoms with van der Waals surface area (Å²) in [6.45, 7) is 4.93. The van der Waals surface area contributed by atoms with Gasteiger partial charge in [-0.3, -0.25) is 4.21 Å². The summed E-state index contributed by atoms with van der Waals surface area (Å²) >= 11 is 0. The number of likely N-dealkylation sites (N-methyl/N-ethyl adjacent to an activating group) is 1. The van der Waals surface area contributed by atoms with Gasteiger partial charge in [-0.15, -0.1) is 0 Å². The number of hydrogen-bond donors (Lipinski definition) is 1. The van der Waals surface area contributed by atoms with Crippen LogP contribution in [-0.2, 0) is 10.8 Å². The smallest absolute Gasteiger partial charge is 0.0791 e. The first-order chi connectivity index (χ1) is 10.3. The Hall–Kier alpha value is -1.45. The zero-order chi connectivity index (χ0) is 15.1. The maximum atomic E-state index is 12.7. The van der Waals surface area contributed by atoms with Crippen LogP contribution >= 0.6 is 0 Å². The lowest BCUT2D eigenvalue weighted by Crippen LogP contribution is -2.30. The Bertz CT molecular complexity index is 556. The third kappa shape index (κ3) is 4.02. The first kappa shape index (κ1) is 15.9. The highest BCUT2D eigenvalue weighted by molar-refractivity contribution is 7.85. The van der Waals surface area contributed by atoms with E-state index in [2.05, 4.69) is 36.5 Å². The van der Waals surface area contributed by atoms with E-state index in [1.807, 2.05) is 43.3 Å². The molecule has 1 N–H and O–H groups in total. The number of nitrogens with one attached hydrogen (secondary N) is 1. The van der Waals surface area contributed by atoms with Crippen LogP contribution in [-0.4, -0.2) is 16.5 Å². The number of benzene rings is 2. The summed E-state index contributed by atoms with van der Waals surface area (Å²) in [4.78, 5) is 0. The second-order valence-electron chi connectivity index (χ2n) is 4.95. The van der Waals surface area contributed by atoms with E-state index in [1.54, 1.807) is 0 Å². The molecule has 0 aliphatic carbocycles. The van der Waals surface area contributed by atoms with Crippen molar-refractivity contribution in [3.05, 3.63) is 71.8 Å². The van der Waals surface area contributed by atoms with Crippen molar-refractivity contribution in [3.63, 3.8) is 0 Å². The van der Waals surface area contributed by atoms with Crippen molar-refractivity contribution < 1.29 is 4.21 Å². The first-order valence-corrected chi connectivity index (χ1v) is 8.86. The van der Waals surface area contributed by atoms with Crippen molar-refractivity contribution in [1.29, 1.82) is 0 Å². The predicted octanol–water partition coefficient (Wildman–Crippen LogP) is 3.85. The van der Waals surface area contributed by atoms with Gasteiger partial charge in [0.1, 0.15) is 0 Å². The molecule has 2 nitrogen and oxygen atoms in total. The Morgan fingerprint density at radius 1 is 0.905 bits per heavy atom. The topological polar surface area (TPSA) is 29.1 Å². The minimum Gasteiger partial charge on any atom is -0.309 e. The van der Waals surface area contributed by atoms with Crippen LogP contribution < -0.4 is 5.32 Å². The van der Waals surface area contributed by atoms with Crippen molar-refractivity contribution in [1.82, 2.24) is 5.32 Å². The molecular weight excluding hydrogens is 278 g/mol. The summed E-state index contributed by atoms with van der Waals surface area (Å²) in [5.74, 6) is 0.661. The van der Waals surface area contributed by atoms with Gasteiger partial charge in [0.15, 0.2) is 0 Å². The van der Waals surface area contributed by atoms with E-state index in [0.717, 1.165) is 12.1 Å². The van der Waals surface area contributed by atoms with Gasteiger partial charge in [0.2, 0.25) is 0 Å². The van der Waals surface area contributed by atoms with Crippen LogP contribution in [0.3, 0.4) is 0 Å². The molecule has 112 valence electrons. The largest absolute Gasteiger partial charge is 0.309 e. The molecule has 0 saturated heterocycles. The van der Waals surface area contributed by atoms with Crippen molar-refractivity contribution >= 4 is 10.8 Å². The van der Waals surface area contributed by atoms with E-state index in [0.29, 0.717) is 5.75 Å². The van der Waals surface area contributed by atoms with Gasteiger partial charge in [0, 0.05) is 16.6 Å². The lowest BCUT2D eigenvalue weighted by atomic mass is 9.98. The number of hydrogen-bond acceptors (Lipinski definition) is 2. The van der Waals surface area contributed by atoms with Crippen LogP contribution in [0, 0.1) is 0 Å². The summed E-state index contributed by atoms with van der Waals surface area (Å²) in [6, 6.07) is 20.6. The molecule has 2 aromatic carbocycles. The van der Waals surface area contributed by atoms with Crippen molar-refractivity contribution in [2.75, 3.05) is 12.3 Å². The molecule has 0 heterocycles. The fourth-order valence-corrected chi connectivity index (χ4v) is 3.97. The lowest BCUT2D eigenvalue weighted by Gasteiger charge is -2.28. The maximum absolute atomic E-state index is 12.7. The molecule has 2 aromatic rings. The molecule has 21 heavy (non-hydrogen) atoms. The summed E-state index contributed by atoms with van der Waals surface area (Å²) < 4.78 is 12.7. The van der Waals surface area contributed by atoms with E-state index in [4.69, 9.17) is 0 Å². The van der Waals surface area contributed by atoms with Crippen LogP contribution in [0.25, 0.3) is 0 Å². The Labute approximate surface area is 130 Å². The molecule has 0 aliphatic heterocycles. The highest BCUT2D eigenvalue weighted by Gasteiger charge is 2.28. The monoisotopic (exact) mass is 301 g/mol. The van der Waals surface area contributed by atoms with E-state index < -0.39 is 10.8 Å². The van der Waals surface area contributed by atoms with E-state index in [-0.39, 0.29) is 11.3 Å². The molecule has 3 atom stereocenters. The standard InChI is InChI=1S/C18H23NOS/c1-3-19-17(15-11-7-5-8-12-15)18(21(20)4-2)16-13-9-6-10-14-16/h5-14,17-19H,3-4H2,1-2H3. The fraction of sp³-hybridized carbons (Fsp3) is 0.333. The second-order valence-corrected chi connectivity index (χ2v) is 6.79. The van der Waals surface area contributed by atoms with Crippen LogP contribution in [0.2, 0.25) is 0 Å². The minimum atomic E-state index is -0.910. The second kappa shape index (κ2) is 8.11. The van der Waals surface area contributed by atoms with Crippen LogP contribution in [0.5, 0.6) is 0 Å². The van der Waals surface area contributed by atoms with Crippen LogP contribution in [0.4, 0.5) is 0 Å². The Morgan fingerprint density at radius 2 is 1.43 bits per heavy atom. The van der Waals surface area contributed by atoms with E-state index >= 15 is 0 Å². The van der Waals surface area contributed by atoms with Crippen molar-refractivity contribution in [2.45, 2.75) is 25.1 Å². The average Bonchev–Trinajstić information content (AvgIpc) is 2.56. The van der Waals surface area contributed by atoms with E-state index in [9.17, 15) is 4.21 Å². The van der Waals surface area contributed by atoms with Gasteiger partial charge in [0.05, 0.1) is 11.3 Å². The minimum absolute atomic E-state index is 0.0291. The summed E-state index contributed by atoms with van der Waals surface area (Å²) in [6.07, 6.45) is 0. The SMILES string of the molecule is CCNC(c1ccccc1)C(c1ccccc1)S(=O)CC. The van der Waals surface area contributed by atoms with E-state index in [1.165, 1.54) is 5.56 Å². The van der Waals surface area contributed by atoms with Crippen LogP contribution in [0.1, 0.15) is 36.3 Å². The molecule has 3 heteroatoms.